The number of methoxy groups -OCH3 is 1. The number of Topliss-reactive ketones (excluding diaryl/α,β-unsaturated/α-hetero) is 3. The van der Waals surface area contributed by atoms with Gasteiger partial charge in [-0.15, -0.1) is 0 Å². The van der Waals surface area contributed by atoms with E-state index in [1.807, 2.05) is 0 Å². The van der Waals surface area contributed by atoms with Crippen LogP contribution in [0.15, 0.2) is 0 Å². The summed E-state index contributed by atoms with van der Waals surface area (Å²) in [4.78, 5) is 93.5. The van der Waals surface area contributed by atoms with E-state index in [-0.39, 0.29) is 75.4 Å². The van der Waals surface area contributed by atoms with Crippen molar-refractivity contribution in [1.82, 2.24) is 21.0 Å². The first-order valence-electron chi connectivity index (χ1n) is 14.9. The molecular weight excluding hydrogens is 583 g/mol. The fraction of sp³-hybridized carbons (Fsp3) is 0.759. The van der Waals surface area contributed by atoms with Crippen LogP contribution in [-0.2, 0) is 43.1 Å². The van der Waals surface area contributed by atoms with Crippen LogP contribution in [0.1, 0.15) is 66.2 Å². The molecule has 4 atom stereocenters. The molecule has 44 heavy (non-hydrogen) atoms. The third kappa shape index (κ3) is 13.9. The number of ketones is 3. The van der Waals surface area contributed by atoms with Gasteiger partial charge in [0.05, 0.1) is 25.6 Å². The molecule has 0 radical (unpaired) electrons. The lowest BCUT2D eigenvalue weighted by atomic mass is 9.87. The second kappa shape index (κ2) is 20.5. The maximum absolute atomic E-state index is 13.4. The van der Waals surface area contributed by atoms with Crippen LogP contribution in [0.2, 0.25) is 0 Å². The molecule has 0 saturated carbocycles. The maximum atomic E-state index is 13.4. The Morgan fingerprint density at radius 3 is 2.27 bits per heavy atom. The summed E-state index contributed by atoms with van der Waals surface area (Å²) in [6, 6.07) is -2.17. The van der Waals surface area contributed by atoms with E-state index in [4.69, 9.17) is 4.84 Å². The molecule has 0 spiro atoms. The van der Waals surface area contributed by atoms with Crippen LogP contribution < -0.4 is 16.1 Å². The summed E-state index contributed by atoms with van der Waals surface area (Å²) in [6.07, 6.45) is 0.335. The van der Waals surface area contributed by atoms with Crippen molar-refractivity contribution in [2.24, 2.45) is 17.8 Å². The molecule has 1 heterocycles. The van der Waals surface area contributed by atoms with Crippen LogP contribution in [-0.4, -0.2) is 105 Å². The van der Waals surface area contributed by atoms with Crippen molar-refractivity contribution < 1.29 is 52.3 Å². The molecule has 1 rings (SSSR count). The number of alkyl halides is 1. The van der Waals surface area contributed by atoms with E-state index in [0.29, 0.717) is 13.1 Å². The Balaban J connectivity index is 2.89. The third-order valence-corrected chi connectivity index (χ3v) is 7.32. The number of esters is 2. The van der Waals surface area contributed by atoms with Gasteiger partial charge in [-0.3, -0.25) is 28.8 Å². The summed E-state index contributed by atoms with van der Waals surface area (Å²) in [6.45, 7) is 6.21. The van der Waals surface area contributed by atoms with Crippen LogP contribution in [0.4, 0.5) is 9.18 Å². The molecule has 3 amide bonds. The van der Waals surface area contributed by atoms with Crippen LogP contribution in [0, 0.1) is 17.8 Å². The minimum atomic E-state index is -1.28. The Morgan fingerprint density at radius 2 is 1.68 bits per heavy atom. The van der Waals surface area contributed by atoms with Gasteiger partial charge in [-0.2, -0.15) is 5.48 Å². The Morgan fingerprint density at radius 1 is 0.977 bits per heavy atom. The van der Waals surface area contributed by atoms with E-state index in [1.54, 1.807) is 25.7 Å². The largest absolute Gasteiger partial charge is 0.469 e. The average Bonchev–Trinajstić information content (AvgIpc) is 3.00. The Bertz CT molecular complexity index is 1010. The highest BCUT2D eigenvalue weighted by atomic mass is 19.1. The number of nitrogens with one attached hydrogen (secondary N) is 3. The fourth-order valence-corrected chi connectivity index (χ4v) is 4.54. The number of carbonyl (C=O) groups is 7. The van der Waals surface area contributed by atoms with E-state index in [1.165, 1.54) is 14.0 Å². The number of nitrogens with zero attached hydrogens (tertiary/aromatic N) is 1. The highest BCUT2D eigenvalue weighted by molar-refractivity contribution is 5.95. The topological polar surface area (TPSA) is 187 Å². The predicted molar refractivity (Wildman–Crippen MR) is 155 cm³/mol. The predicted octanol–water partition coefficient (Wildman–Crippen LogP) is 1.05. The lowest BCUT2D eigenvalue weighted by Gasteiger charge is -2.29. The van der Waals surface area contributed by atoms with Crippen LogP contribution in [0.25, 0.3) is 0 Å². The van der Waals surface area contributed by atoms with Crippen LogP contribution in [0.3, 0.4) is 0 Å². The van der Waals surface area contributed by atoms with Crippen molar-refractivity contribution in [3.05, 3.63) is 0 Å². The number of rotatable bonds is 22. The average molecular weight is 631 g/mol. The normalized spacial score (nSPS) is 15.9. The highest BCUT2D eigenvalue weighted by Gasteiger charge is 2.32. The zero-order chi connectivity index (χ0) is 33.2. The molecule has 14 nitrogen and oxygen atoms in total. The van der Waals surface area contributed by atoms with Gasteiger partial charge in [0, 0.05) is 50.7 Å². The van der Waals surface area contributed by atoms with E-state index < -0.39 is 54.2 Å². The van der Waals surface area contributed by atoms with Gasteiger partial charge < -0.3 is 25.0 Å². The number of ether oxygens (including phenoxy) is 2. The van der Waals surface area contributed by atoms with Gasteiger partial charge in [-0.25, -0.2) is 14.0 Å². The molecule has 1 saturated heterocycles. The molecule has 15 heteroatoms. The summed E-state index contributed by atoms with van der Waals surface area (Å²) in [7, 11) is 1.19. The van der Waals surface area contributed by atoms with Gasteiger partial charge in [0.25, 0.3) is 0 Å². The van der Waals surface area contributed by atoms with Crippen LogP contribution >= 0.6 is 0 Å². The van der Waals surface area contributed by atoms with Gasteiger partial charge in [-0.1, -0.05) is 20.8 Å². The molecule has 0 bridgehead atoms. The quantitative estimate of drug-likeness (QED) is 0.0882. The number of hydrogen-bond acceptors (Lipinski definition) is 11. The molecule has 0 aliphatic carbocycles. The van der Waals surface area contributed by atoms with Crippen molar-refractivity contribution in [3.8, 4) is 0 Å². The van der Waals surface area contributed by atoms with E-state index in [0.717, 1.165) is 6.42 Å². The molecule has 1 fully saturated rings. The number of urea groups is 1. The summed E-state index contributed by atoms with van der Waals surface area (Å²) < 4.78 is 21.5. The van der Waals surface area contributed by atoms with Gasteiger partial charge in [0.2, 0.25) is 5.91 Å². The molecular formula is C29H47FN4O10. The number of hydroxylamine groups is 1. The summed E-state index contributed by atoms with van der Waals surface area (Å²) >= 11 is 0. The lowest BCUT2D eigenvalue weighted by molar-refractivity contribution is -0.148. The summed E-state index contributed by atoms with van der Waals surface area (Å²) in [5, 5.41) is 5.37. The van der Waals surface area contributed by atoms with Crippen LogP contribution in [0.5, 0.6) is 0 Å². The minimum absolute atomic E-state index is 0.136. The van der Waals surface area contributed by atoms with E-state index in [2.05, 4.69) is 25.6 Å². The zero-order valence-corrected chi connectivity index (χ0v) is 26.3. The van der Waals surface area contributed by atoms with E-state index >= 15 is 0 Å². The molecule has 3 N–H and O–H groups in total. The van der Waals surface area contributed by atoms with Crippen molar-refractivity contribution in [1.29, 1.82) is 0 Å². The van der Waals surface area contributed by atoms with Gasteiger partial charge in [0.15, 0.2) is 18.2 Å². The second-order valence-electron chi connectivity index (χ2n) is 11.0. The first-order chi connectivity index (χ1) is 20.8. The van der Waals surface area contributed by atoms with Crippen molar-refractivity contribution in [2.75, 3.05) is 46.6 Å². The minimum Gasteiger partial charge on any atom is -0.469 e. The van der Waals surface area contributed by atoms with E-state index in [9.17, 15) is 38.0 Å². The van der Waals surface area contributed by atoms with Gasteiger partial charge in [0.1, 0.15) is 19.0 Å². The molecule has 0 aromatic heterocycles. The zero-order valence-electron chi connectivity index (χ0n) is 26.3. The molecule has 1 aliphatic heterocycles. The van der Waals surface area contributed by atoms with Crippen molar-refractivity contribution in [3.63, 3.8) is 0 Å². The number of amides is 3. The number of halogens is 1. The number of carbonyl (C=O) groups excluding carboxylic acids is 7. The van der Waals surface area contributed by atoms with Crippen molar-refractivity contribution in [2.45, 2.75) is 78.3 Å². The Hall–Kier alpha value is -3.46. The molecule has 4 unspecified atom stereocenters. The molecule has 250 valence electrons. The van der Waals surface area contributed by atoms with Gasteiger partial charge >= 0.3 is 18.0 Å². The number of hydrogen-bond donors (Lipinski definition) is 3. The highest BCUT2D eigenvalue weighted by Crippen LogP contribution is 2.20. The van der Waals surface area contributed by atoms with Gasteiger partial charge in [-0.05, 0) is 25.7 Å². The standard InChI is InChI=1S/C29H47FN4O10/c1-6-23(35)20(15-26(38)42-5)14-24(36)19(4)32-28(40)21(18(2)3)16-25(37)22(33-44-13-12-43-27(39)17-30)8-11-34-10-7-9-31-29(34)41/h18-22,33H,6-17H2,1-5H3,(H,31,41)(H,32,40). The Kier molecular flexibility index (Phi) is 18.0. The van der Waals surface area contributed by atoms with Crippen molar-refractivity contribution >= 4 is 41.2 Å². The Labute approximate surface area is 257 Å². The smallest absolute Gasteiger partial charge is 0.337 e. The fourth-order valence-electron chi connectivity index (χ4n) is 4.54. The first-order valence-corrected chi connectivity index (χ1v) is 14.9. The summed E-state index contributed by atoms with van der Waals surface area (Å²) in [5.74, 6) is -5.29. The molecule has 1 aliphatic rings. The maximum Gasteiger partial charge on any atom is 0.337 e. The third-order valence-electron chi connectivity index (χ3n) is 7.32. The molecule has 0 aromatic carbocycles. The SMILES string of the molecule is CCC(=O)C(CC(=O)OC)CC(=O)C(C)NC(=O)C(CC(=O)C(CCN1CCCNC1=O)NOCCOC(=O)CF)C(C)C. The monoisotopic (exact) mass is 630 g/mol. The lowest BCUT2D eigenvalue weighted by Crippen LogP contribution is -2.49. The molecule has 0 aromatic rings. The second-order valence-corrected chi connectivity index (χ2v) is 11.0. The first kappa shape index (κ1) is 38.6. The summed E-state index contributed by atoms with van der Waals surface area (Å²) in [5.41, 5.74) is 2.62.